The molecule has 176 valence electrons. The molecule has 0 spiro atoms. The lowest BCUT2D eigenvalue weighted by molar-refractivity contribution is -0.133. The van der Waals surface area contributed by atoms with E-state index >= 15 is 0 Å². The van der Waals surface area contributed by atoms with Gasteiger partial charge in [-0.25, -0.2) is 0 Å². The Morgan fingerprint density at radius 3 is 2.55 bits per heavy atom. The summed E-state index contributed by atoms with van der Waals surface area (Å²) in [6.45, 7) is 4.48. The Hall–Kier alpha value is -3.16. The van der Waals surface area contributed by atoms with Gasteiger partial charge in [0.15, 0.2) is 5.69 Å². The van der Waals surface area contributed by atoms with Crippen molar-refractivity contribution in [2.24, 2.45) is 0 Å². The minimum Gasteiger partial charge on any atom is -0.351 e. The summed E-state index contributed by atoms with van der Waals surface area (Å²) in [6.07, 6.45) is 6.08. The molecule has 2 heterocycles. The van der Waals surface area contributed by atoms with Crippen molar-refractivity contribution in [1.82, 2.24) is 25.3 Å². The molecule has 2 N–H and O–H groups in total. The second-order valence-electron chi connectivity index (χ2n) is 9.51. The Kier molecular flexibility index (Phi) is 6.54. The van der Waals surface area contributed by atoms with Gasteiger partial charge in [0, 0.05) is 25.7 Å². The lowest BCUT2D eigenvalue weighted by Crippen LogP contribution is -2.63. The Balaban J connectivity index is 1.42. The maximum atomic E-state index is 13.2. The van der Waals surface area contributed by atoms with Gasteiger partial charge >= 0.3 is 0 Å². The Morgan fingerprint density at radius 2 is 1.85 bits per heavy atom. The van der Waals surface area contributed by atoms with Gasteiger partial charge in [-0.05, 0) is 38.7 Å². The van der Waals surface area contributed by atoms with E-state index in [0.29, 0.717) is 18.7 Å². The van der Waals surface area contributed by atoms with Gasteiger partial charge in [-0.2, -0.15) is 5.10 Å². The number of carbonyl (C=O) groups excluding carboxylic acids is 3. The minimum atomic E-state index is -1.06. The summed E-state index contributed by atoms with van der Waals surface area (Å²) in [4.78, 5) is 40.3. The first-order chi connectivity index (χ1) is 15.8. The van der Waals surface area contributed by atoms with Crippen LogP contribution >= 0.6 is 0 Å². The van der Waals surface area contributed by atoms with E-state index in [9.17, 15) is 14.4 Å². The van der Waals surface area contributed by atoms with Gasteiger partial charge in [0.05, 0.1) is 6.54 Å². The van der Waals surface area contributed by atoms with Crippen LogP contribution in [-0.4, -0.2) is 57.6 Å². The fraction of sp³-hybridized carbons (Fsp3) is 0.520. The second-order valence-corrected chi connectivity index (χ2v) is 9.51. The zero-order valence-electron chi connectivity index (χ0n) is 19.7. The number of aryl methyl sites for hydroxylation is 1. The standard InChI is InChI=1S/C25H33N5O3/c1-17-9-11-18(12-10-17)13-14-26-22(31)20-15-21-23(32)29(3)25(2,16-30(21)28-20)24(33)27-19-7-5-4-6-8-19/h9-12,15,19H,4-8,13-14,16H2,1-3H3,(H,26,31)(H,27,33)/t25-/m1/s1. The van der Waals surface area contributed by atoms with Gasteiger partial charge in [-0.1, -0.05) is 49.1 Å². The molecule has 2 aromatic rings. The second kappa shape index (κ2) is 9.37. The molecule has 0 bridgehead atoms. The topological polar surface area (TPSA) is 96.3 Å². The van der Waals surface area contributed by atoms with E-state index in [0.717, 1.165) is 31.2 Å². The smallest absolute Gasteiger partial charge is 0.272 e. The van der Waals surface area contributed by atoms with Crippen molar-refractivity contribution in [3.05, 3.63) is 52.8 Å². The highest BCUT2D eigenvalue weighted by Crippen LogP contribution is 2.27. The lowest BCUT2D eigenvalue weighted by Gasteiger charge is -2.41. The fourth-order valence-corrected chi connectivity index (χ4v) is 4.59. The van der Waals surface area contributed by atoms with Gasteiger partial charge in [0.1, 0.15) is 11.2 Å². The van der Waals surface area contributed by atoms with Crippen LogP contribution in [0, 0.1) is 6.92 Å². The number of hydrogen-bond acceptors (Lipinski definition) is 4. The van der Waals surface area contributed by atoms with Crippen molar-refractivity contribution < 1.29 is 14.4 Å². The molecule has 8 heteroatoms. The molecule has 33 heavy (non-hydrogen) atoms. The first-order valence-corrected chi connectivity index (χ1v) is 11.8. The van der Waals surface area contributed by atoms with Crippen LogP contribution in [0.2, 0.25) is 0 Å². The molecule has 1 aromatic heterocycles. The molecule has 1 aliphatic heterocycles. The zero-order valence-corrected chi connectivity index (χ0v) is 19.7. The molecule has 1 fully saturated rings. The van der Waals surface area contributed by atoms with E-state index in [1.165, 1.54) is 27.6 Å². The van der Waals surface area contributed by atoms with Crippen LogP contribution in [0.15, 0.2) is 30.3 Å². The highest BCUT2D eigenvalue weighted by Gasteiger charge is 2.46. The molecule has 1 aliphatic carbocycles. The van der Waals surface area contributed by atoms with Crippen LogP contribution in [0.4, 0.5) is 0 Å². The summed E-state index contributed by atoms with van der Waals surface area (Å²) in [5.41, 5.74) is 1.78. The number of nitrogens with zero attached hydrogens (tertiary/aromatic N) is 3. The third-order valence-corrected chi connectivity index (χ3v) is 6.98. The van der Waals surface area contributed by atoms with Crippen LogP contribution in [0.3, 0.4) is 0 Å². The molecule has 0 saturated heterocycles. The maximum absolute atomic E-state index is 13.2. The molecule has 4 rings (SSSR count). The highest BCUT2D eigenvalue weighted by molar-refractivity contribution is 6.01. The zero-order chi connectivity index (χ0) is 23.6. The van der Waals surface area contributed by atoms with Crippen LogP contribution in [-0.2, 0) is 17.8 Å². The van der Waals surface area contributed by atoms with Gasteiger partial charge in [-0.3, -0.25) is 19.1 Å². The average molecular weight is 452 g/mol. The summed E-state index contributed by atoms with van der Waals surface area (Å²) in [6, 6.07) is 9.85. The van der Waals surface area contributed by atoms with E-state index in [-0.39, 0.29) is 36.0 Å². The Bertz CT molecular complexity index is 1040. The summed E-state index contributed by atoms with van der Waals surface area (Å²) < 4.78 is 1.50. The van der Waals surface area contributed by atoms with Crippen LogP contribution in [0.1, 0.15) is 71.1 Å². The number of carbonyl (C=O) groups is 3. The quantitative estimate of drug-likeness (QED) is 0.705. The van der Waals surface area contributed by atoms with E-state index in [1.54, 1.807) is 14.0 Å². The van der Waals surface area contributed by atoms with E-state index in [4.69, 9.17) is 0 Å². The largest absolute Gasteiger partial charge is 0.351 e. The van der Waals surface area contributed by atoms with Gasteiger partial charge < -0.3 is 15.5 Å². The van der Waals surface area contributed by atoms with Gasteiger partial charge in [0.2, 0.25) is 5.91 Å². The molecule has 0 radical (unpaired) electrons. The molecular weight excluding hydrogens is 418 g/mol. The number of likely N-dealkylation sites (N-methyl/N-ethyl adjacent to an activating group) is 1. The normalized spacial score (nSPS) is 20.9. The van der Waals surface area contributed by atoms with E-state index in [1.807, 2.05) is 31.2 Å². The van der Waals surface area contributed by atoms with Gasteiger partial charge in [0.25, 0.3) is 11.8 Å². The number of rotatable bonds is 6. The highest BCUT2D eigenvalue weighted by atomic mass is 16.2. The van der Waals surface area contributed by atoms with Crippen molar-refractivity contribution in [2.75, 3.05) is 13.6 Å². The van der Waals surface area contributed by atoms with Crippen molar-refractivity contribution in [3.63, 3.8) is 0 Å². The van der Waals surface area contributed by atoms with Gasteiger partial charge in [-0.15, -0.1) is 0 Å². The lowest BCUT2D eigenvalue weighted by atomic mass is 9.92. The predicted octanol–water partition coefficient (Wildman–Crippen LogP) is 2.46. The summed E-state index contributed by atoms with van der Waals surface area (Å²) in [7, 11) is 1.64. The number of nitrogens with one attached hydrogen (secondary N) is 2. The average Bonchev–Trinajstić information content (AvgIpc) is 3.23. The van der Waals surface area contributed by atoms with E-state index in [2.05, 4.69) is 15.7 Å². The molecule has 3 amide bonds. The Labute approximate surface area is 194 Å². The molecule has 2 aliphatic rings. The van der Waals surface area contributed by atoms with Crippen molar-refractivity contribution >= 4 is 17.7 Å². The number of aromatic nitrogens is 2. The molecule has 1 saturated carbocycles. The first-order valence-electron chi connectivity index (χ1n) is 11.8. The first kappa shape index (κ1) is 23.0. The number of fused-ring (bicyclic) bond motifs is 1. The fourth-order valence-electron chi connectivity index (χ4n) is 4.59. The number of benzene rings is 1. The summed E-state index contributed by atoms with van der Waals surface area (Å²) >= 11 is 0. The SMILES string of the molecule is Cc1ccc(CCNC(=O)c2cc3n(n2)C[C@](C)(C(=O)NC2CCCCC2)N(C)C3=O)cc1. The molecule has 0 unspecified atom stereocenters. The maximum Gasteiger partial charge on any atom is 0.272 e. The third-order valence-electron chi connectivity index (χ3n) is 6.98. The monoisotopic (exact) mass is 451 g/mol. The number of amides is 3. The van der Waals surface area contributed by atoms with Crippen LogP contribution < -0.4 is 10.6 Å². The van der Waals surface area contributed by atoms with Crippen LogP contribution in [0.5, 0.6) is 0 Å². The summed E-state index contributed by atoms with van der Waals surface area (Å²) in [5, 5.41) is 10.4. The van der Waals surface area contributed by atoms with Crippen molar-refractivity contribution in [2.45, 2.75) is 70.5 Å². The molecular formula is C25H33N5O3. The Morgan fingerprint density at radius 1 is 1.15 bits per heavy atom. The molecule has 1 aromatic carbocycles. The molecule has 8 nitrogen and oxygen atoms in total. The third kappa shape index (κ3) is 4.79. The predicted molar refractivity (Wildman–Crippen MR) is 125 cm³/mol. The number of hydrogen-bond donors (Lipinski definition) is 2. The van der Waals surface area contributed by atoms with Crippen molar-refractivity contribution in [1.29, 1.82) is 0 Å². The van der Waals surface area contributed by atoms with Crippen LogP contribution in [0.25, 0.3) is 0 Å². The summed E-state index contributed by atoms with van der Waals surface area (Å²) in [5.74, 6) is -0.808. The van der Waals surface area contributed by atoms with E-state index < -0.39 is 5.54 Å². The minimum absolute atomic E-state index is 0.153. The molecule has 1 atom stereocenters. The van der Waals surface area contributed by atoms with Crippen molar-refractivity contribution in [3.8, 4) is 0 Å².